The maximum absolute atomic E-state index is 13.8. The van der Waals surface area contributed by atoms with Crippen molar-refractivity contribution in [2.75, 3.05) is 37.6 Å². The van der Waals surface area contributed by atoms with Gasteiger partial charge >= 0.3 is 0 Å². The van der Waals surface area contributed by atoms with Crippen molar-refractivity contribution in [1.82, 2.24) is 14.2 Å². The first kappa shape index (κ1) is 29.2. The molecular weight excluding hydrogens is 552 g/mol. The Balaban J connectivity index is 1.61. The van der Waals surface area contributed by atoms with Crippen LogP contribution in [0.15, 0.2) is 77.7 Å². The molecule has 0 aliphatic rings. The zero-order valence-corrected chi connectivity index (χ0v) is 24.8. The summed E-state index contributed by atoms with van der Waals surface area (Å²) in [5.41, 5.74) is 1.97. The van der Waals surface area contributed by atoms with Crippen molar-refractivity contribution in [3.05, 3.63) is 88.9 Å². The predicted molar refractivity (Wildman–Crippen MR) is 160 cm³/mol. The molecular formula is C29H33ClN4O3S2. The predicted octanol–water partition coefficient (Wildman–Crippen LogP) is 6.15. The van der Waals surface area contributed by atoms with E-state index in [2.05, 4.69) is 18.7 Å². The molecule has 0 bridgehead atoms. The van der Waals surface area contributed by atoms with Crippen LogP contribution in [0.25, 0.3) is 10.2 Å². The number of carbonyl (C=O) groups excluding carboxylic acids is 1. The van der Waals surface area contributed by atoms with Gasteiger partial charge in [-0.1, -0.05) is 80.1 Å². The Kier molecular flexibility index (Phi) is 9.74. The summed E-state index contributed by atoms with van der Waals surface area (Å²) < 4.78 is 29.1. The van der Waals surface area contributed by atoms with Crippen molar-refractivity contribution in [2.45, 2.75) is 32.2 Å². The van der Waals surface area contributed by atoms with Gasteiger partial charge in [-0.15, -0.1) is 0 Å². The Bertz CT molecular complexity index is 1500. The Morgan fingerprint density at radius 1 is 0.872 bits per heavy atom. The molecule has 0 saturated heterocycles. The number of aromatic nitrogens is 1. The minimum absolute atomic E-state index is 0.151. The smallest absolute Gasteiger partial charge is 0.260 e. The zero-order chi connectivity index (χ0) is 28.0. The number of amides is 1. The van der Waals surface area contributed by atoms with E-state index in [-0.39, 0.29) is 17.3 Å². The summed E-state index contributed by atoms with van der Waals surface area (Å²) >= 11 is 7.78. The largest absolute Gasteiger partial charge is 0.302 e. The number of thiazole rings is 1. The Morgan fingerprint density at radius 3 is 2.18 bits per heavy atom. The molecule has 1 amide bonds. The van der Waals surface area contributed by atoms with Gasteiger partial charge in [0.1, 0.15) is 5.52 Å². The third-order valence-corrected chi connectivity index (χ3v) is 9.95. The second-order valence-electron chi connectivity index (χ2n) is 9.01. The maximum Gasteiger partial charge on any atom is 0.260 e. The van der Waals surface area contributed by atoms with Gasteiger partial charge in [0.05, 0.1) is 14.6 Å². The minimum Gasteiger partial charge on any atom is -0.302 e. The number of rotatable bonds is 12. The van der Waals surface area contributed by atoms with Crippen LogP contribution in [0.5, 0.6) is 0 Å². The number of carbonyl (C=O) groups is 1. The van der Waals surface area contributed by atoms with E-state index >= 15 is 0 Å². The summed E-state index contributed by atoms with van der Waals surface area (Å²) in [6, 6.07) is 21.3. The van der Waals surface area contributed by atoms with Gasteiger partial charge in [0.15, 0.2) is 5.13 Å². The molecule has 0 atom stereocenters. The van der Waals surface area contributed by atoms with Crippen LogP contribution in [-0.2, 0) is 16.6 Å². The van der Waals surface area contributed by atoms with Crippen molar-refractivity contribution in [2.24, 2.45) is 0 Å². The Morgan fingerprint density at radius 2 is 1.56 bits per heavy atom. The highest BCUT2D eigenvalue weighted by Gasteiger charge is 2.26. The minimum atomic E-state index is -3.74. The molecule has 206 valence electrons. The van der Waals surface area contributed by atoms with E-state index in [9.17, 15) is 13.2 Å². The maximum atomic E-state index is 13.8. The second-order valence-corrected chi connectivity index (χ2v) is 12.4. The third kappa shape index (κ3) is 6.67. The molecule has 0 unspecified atom stereocenters. The number of anilines is 1. The highest BCUT2D eigenvalue weighted by atomic mass is 35.5. The number of halogens is 1. The van der Waals surface area contributed by atoms with E-state index < -0.39 is 10.0 Å². The van der Waals surface area contributed by atoms with E-state index in [1.807, 2.05) is 49.4 Å². The number of nitrogens with zero attached hydrogens (tertiary/aromatic N) is 4. The summed E-state index contributed by atoms with van der Waals surface area (Å²) in [6.45, 7) is 9.46. The van der Waals surface area contributed by atoms with Gasteiger partial charge in [-0.2, -0.15) is 4.31 Å². The molecule has 39 heavy (non-hydrogen) atoms. The molecule has 0 spiro atoms. The first-order valence-corrected chi connectivity index (χ1v) is 15.6. The lowest BCUT2D eigenvalue weighted by Crippen LogP contribution is -2.39. The van der Waals surface area contributed by atoms with Crippen LogP contribution in [0.3, 0.4) is 0 Å². The monoisotopic (exact) mass is 584 g/mol. The molecule has 0 saturated carbocycles. The van der Waals surface area contributed by atoms with Gasteiger partial charge in [-0.3, -0.25) is 9.69 Å². The van der Waals surface area contributed by atoms with Crippen LogP contribution in [0.1, 0.15) is 36.7 Å². The molecule has 1 aromatic heterocycles. The number of sulfonamides is 1. The van der Waals surface area contributed by atoms with Gasteiger partial charge in [-0.05, 0) is 55.1 Å². The van der Waals surface area contributed by atoms with Crippen molar-refractivity contribution >= 4 is 54.2 Å². The molecule has 0 aliphatic carbocycles. The molecule has 1 heterocycles. The average molecular weight is 585 g/mol. The summed E-state index contributed by atoms with van der Waals surface area (Å²) in [4.78, 5) is 22.5. The number of para-hydroxylation sites is 1. The average Bonchev–Trinajstić information content (AvgIpc) is 3.40. The Labute approximate surface area is 239 Å². The lowest BCUT2D eigenvalue weighted by Gasteiger charge is -2.25. The number of likely N-dealkylation sites (N-methyl/N-ethyl adjacent to an activating group) is 1. The van der Waals surface area contributed by atoms with Gasteiger partial charge in [0.25, 0.3) is 5.91 Å². The van der Waals surface area contributed by atoms with Crippen molar-refractivity contribution in [1.29, 1.82) is 0 Å². The van der Waals surface area contributed by atoms with E-state index in [1.165, 1.54) is 27.8 Å². The van der Waals surface area contributed by atoms with Crippen LogP contribution in [0.4, 0.5) is 5.13 Å². The van der Waals surface area contributed by atoms with Crippen molar-refractivity contribution in [3.8, 4) is 0 Å². The van der Waals surface area contributed by atoms with Gasteiger partial charge in [0.2, 0.25) is 10.0 Å². The standard InChI is InChI=1S/C29H33ClN4O3S2/c1-4-32(5-2)19-20-34(29-31-27-25(30)13-10-14-26(27)38-29)28(35)23-15-17-24(18-16-23)39(36,37)33(6-3)21-22-11-8-7-9-12-22/h7-18H,4-6,19-21H2,1-3H3. The van der Waals surface area contributed by atoms with E-state index in [1.54, 1.807) is 23.1 Å². The number of fused-ring (bicyclic) bond motifs is 1. The van der Waals surface area contributed by atoms with E-state index in [4.69, 9.17) is 16.6 Å². The van der Waals surface area contributed by atoms with Crippen molar-refractivity contribution in [3.63, 3.8) is 0 Å². The fraction of sp³-hybridized carbons (Fsp3) is 0.310. The second kappa shape index (κ2) is 13.0. The van der Waals surface area contributed by atoms with Crippen LogP contribution in [-0.4, -0.2) is 61.2 Å². The first-order chi connectivity index (χ1) is 18.8. The van der Waals surface area contributed by atoms with Gasteiger partial charge in [-0.25, -0.2) is 13.4 Å². The van der Waals surface area contributed by atoms with Crippen LogP contribution < -0.4 is 4.90 Å². The fourth-order valence-corrected chi connectivity index (χ4v) is 7.04. The van der Waals surface area contributed by atoms with E-state index in [0.717, 1.165) is 23.4 Å². The molecule has 3 aromatic carbocycles. The lowest BCUT2D eigenvalue weighted by molar-refractivity contribution is 0.0983. The van der Waals surface area contributed by atoms with Gasteiger partial charge < -0.3 is 4.90 Å². The Hall–Kier alpha value is -2.82. The molecule has 7 nitrogen and oxygen atoms in total. The summed E-state index contributed by atoms with van der Waals surface area (Å²) in [6.07, 6.45) is 0. The van der Waals surface area contributed by atoms with Gasteiger partial charge in [0, 0.05) is 31.7 Å². The fourth-order valence-electron chi connectivity index (χ4n) is 4.31. The molecule has 4 aromatic rings. The zero-order valence-electron chi connectivity index (χ0n) is 22.4. The molecule has 10 heteroatoms. The summed E-state index contributed by atoms with van der Waals surface area (Å²) in [7, 11) is -3.74. The number of hydrogen-bond donors (Lipinski definition) is 0. The quantitative estimate of drug-likeness (QED) is 0.200. The highest BCUT2D eigenvalue weighted by Crippen LogP contribution is 2.33. The molecule has 0 radical (unpaired) electrons. The van der Waals surface area contributed by atoms with E-state index in [0.29, 0.717) is 40.9 Å². The first-order valence-electron chi connectivity index (χ1n) is 13.0. The van der Waals surface area contributed by atoms with Crippen molar-refractivity contribution < 1.29 is 13.2 Å². The summed E-state index contributed by atoms with van der Waals surface area (Å²) in [5.74, 6) is -0.238. The number of benzene rings is 3. The lowest BCUT2D eigenvalue weighted by atomic mass is 10.2. The molecule has 0 fully saturated rings. The SMILES string of the molecule is CCN(CC)CCN(C(=O)c1ccc(S(=O)(=O)N(CC)Cc2ccccc2)cc1)c1nc2c(Cl)cccc2s1. The molecule has 0 N–H and O–H groups in total. The third-order valence-electron chi connectivity index (χ3n) is 6.66. The summed E-state index contributed by atoms with van der Waals surface area (Å²) in [5, 5.41) is 1.10. The van der Waals surface area contributed by atoms with Crippen LogP contribution in [0, 0.1) is 0 Å². The number of hydrogen-bond acceptors (Lipinski definition) is 6. The molecule has 4 rings (SSSR count). The topological polar surface area (TPSA) is 73.8 Å². The highest BCUT2D eigenvalue weighted by molar-refractivity contribution is 7.89. The van der Waals surface area contributed by atoms with Crippen LogP contribution >= 0.6 is 22.9 Å². The normalized spacial score (nSPS) is 11.9. The van der Waals surface area contributed by atoms with Crippen LogP contribution in [0.2, 0.25) is 5.02 Å². The molecule has 0 aliphatic heterocycles.